The van der Waals surface area contributed by atoms with Gasteiger partial charge >= 0.3 is 0 Å². The van der Waals surface area contributed by atoms with Gasteiger partial charge in [0.15, 0.2) is 5.96 Å². The summed E-state index contributed by atoms with van der Waals surface area (Å²) in [5, 5.41) is 9.14. The third kappa shape index (κ3) is 7.89. The van der Waals surface area contributed by atoms with Crippen LogP contribution in [0.3, 0.4) is 0 Å². The summed E-state index contributed by atoms with van der Waals surface area (Å²) in [6.45, 7) is 9.08. The molecule has 0 spiro atoms. The lowest BCUT2D eigenvalue weighted by Gasteiger charge is -2.35. The van der Waals surface area contributed by atoms with Crippen LogP contribution < -0.4 is 10.6 Å². The molecule has 5 nitrogen and oxygen atoms in total. The van der Waals surface area contributed by atoms with Gasteiger partial charge in [0.2, 0.25) is 5.91 Å². The van der Waals surface area contributed by atoms with Crippen molar-refractivity contribution in [2.75, 3.05) is 26.7 Å². The Bertz CT molecular complexity index is 581. The normalized spacial score (nSPS) is 16.6. The van der Waals surface area contributed by atoms with Gasteiger partial charge in [0.25, 0.3) is 0 Å². The number of piperidine rings is 1. The summed E-state index contributed by atoms with van der Waals surface area (Å²) < 4.78 is 0. The second-order valence-corrected chi connectivity index (χ2v) is 8.63. The molecule has 1 aromatic rings. The minimum absolute atomic E-state index is 0. The summed E-state index contributed by atoms with van der Waals surface area (Å²) >= 11 is 1.82. The molecule has 28 heavy (non-hydrogen) atoms. The summed E-state index contributed by atoms with van der Waals surface area (Å²) in [7, 11) is 1.82. The maximum absolute atomic E-state index is 12.5. The lowest BCUT2D eigenvalue weighted by Crippen LogP contribution is -2.51. The second kappa shape index (κ2) is 13.4. The molecule has 1 aromatic heterocycles. The van der Waals surface area contributed by atoms with Gasteiger partial charge < -0.3 is 15.5 Å². The molecule has 1 aliphatic heterocycles. The SMILES string of the molecule is CCC(CC)C(=O)N1CCC(NC(=NC)NCC(C)Cc2cccs2)CC1.I. The molecule has 1 unspecified atom stereocenters. The maximum Gasteiger partial charge on any atom is 0.225 e. The van der Waals surface area contributed by atoms with E-state index in [-0.39, 0.29) is 29.9 Å². The third-order valence-corrected chi connectivity index (χ3v) is 6.35. The van der Waals surface area contributed by atoms with E-state index in [0.717, 1.165) is 57.7 Å². The van der Waals surface area contributed by atoms with Crippen molar-refractivity contribution < 1.29 is 4.79 Å². The minimum Gasteiger partial charge on any atom is -0.356 e. The average Bonchev–Trinajstić information content (AvgIpc) is 3.19. The molecular weight excluding hydrogens is 483 g/mol. The number of halogens is 1. The Balaban J connectivity index is 0.00000392. The van der Waals surface area contributed by atoms with Gasteiger partial charge in [0, 0.05) is 43.5 Å². The van der Waals surface area contributed by atoms with Crippen LogP contribution in [0.25, 0.3) is 0 Å². The molecule has 0 radical (unpaired) electrons. The smallest absolute Gasteiger partial charge is 0.225 e. The lowest BCUT2D eigenvalue weighted by atomic mass is 9.98. The third-order valence-electron chi connectivity index (χ3n) is 5.45. The molecule has 1 aliphatic rings. The summed E-state index contributed by atoms with van der Waals surface area (Å²) in [6, 6.07) is 4.70. The highest BCUT2D eigenvalue weighted by Gasteiger charge is 2.26. The highest BCUT2D eigenvalue weighted by molar-refractivity contribution is 14.0. The van der Waals surface area contributed by atoms with Crippen LogP contribution in [0, 0.1) is 11.8 Å². The Morgan fingerprint density at radius 2 is 2.00 bits per heavy atom. The molecule has 0 bridgehead atoms. The molecule has 1 atom stereocenters. The Labute approximate surface area is 191 Å². The zero-order valence-electron chi connectivity index (χ0n) is 17.7. The maximum atomic E-state index is 12.5. The van der Waals surface area contributed by atoms with Crippen LogP contribution in [0.1, 0.15) is 51.3 Å². The number of hydrogen-bond donors (Lipinski definition) is 2. The standard InChI is InChI=1S/C21H36N4OS.HI/c1-5-17(6-2)20(26)25-11-9-18(10-12-25)24-21(22-4)23-15-16(3)14-19-8-7-13-27-19;/h7-8,13,16-18H,5-6,9-12,14-15H2,1-4H3,(H2,22,23,24);1H. The number of nitrogens with zero attached hydrogens (tertiary/aromatic N) is 2. The average molecular weight is 521 g/mol. The topological polar surface area (TPSA) is 56.7 Å². The van der Waals surface area contributed by atoms with E-state index in [1.54, 1.807) is 0 Å². The molecule has 0 saturated carbocycles. The number of thiophene rings is 1. The van der Waals surface area contributed by atoms with Crippen LogP contribution in [0.4, 0.5) is 0 Å². The first-order valence-corrected chi connectivity index (χ1v) is 11.2. The number of carbonyl (C=O) groups is 1. The summed E-state index contributed by atoms with van der Waals surface area (Å²) in [4.78, 5) is 20.4. The Morgan fingerprint density at radius 3 is 2.54 bits per heavy atom. The minimum atomic E-state index is 0. The van der Waals surface area contributed by atoms with Crippen molar-refractivity contribution in [1.82, 2.24) is 15.5 Å². The van der Waals surface area contributed by atoms with E-state index >= 15 is 0 Å². The summed E-state index contributed by atoms with van der Waals surface area (Å²) in [5.74, 6) is 1.96. The molecule has 1 fully saturated rings. The first-order valence-electron chi connectivity index (χ1n) is 10.4. The Morgan fingerprint density at radius 1 is 1.32 bits per heavy atom. The monoisotopic (exact) mass is 520 g/mol. The van der Waals surface area contributed by atoms with Gasteiger partial charge in [-0.05, 0) is 49.5 Å². The van der Waals surface area contributed by atoms with Crippen molar-refractivity contribution in [2.45, 2.75) is 58.9 Å². The Hall–Kier alpha value is -0.830. The van der Waals surface area contributed by atoms with Crippen molar-refractivity contribution in [3.63, 3.8) is 0 Å². The van der Waals surface area contributed by atoms with Gasteiger partial charge in [-0.1, -0.05) is 26.8 Å². The number of carbonyl (C=O) groups excluding carboxylic acids is 1. The van der Waals surface area contributed by atoms with E-state index in [1.165, 1.54) is 4.88 Å². The van der Waals surface area contributed by atoms with E-state index < -0.39 is 0 Å². The molecule has 160 valence electrons. The van der Waals surface area contributed by atoms with Gasteiger partial charge in [-0.25, -0.2) is 0 Å². The predicted molar refractivity (Wildman–Crippen MR) is 131 cm³/mol. The van der Waals surface area contributed by atoms with Gasteiger partial charge in [0.05, 0.1) is 0 Å². The highest BCUT2D eigenvalue weighted by atomic mass is 127. The van der Waals surface area contributed by atoms with Gasteiger partial charge in [-0.3, -0.25) is 9.79 Å². The van der Waals surface area contributed by atoms with E-state index in [4.69, 9.17) is 0 Å². The van der Waals surface area contributed by atoms with E-state index in [9.17, 15) is 4.79 Å². The number of amides is 1. The summed E-state index contributed by atoms with van der Waals surface area (Å²) in [5.41, 5.74) is 0. The second-order valence-electron chi connectivity index (χ2n) is 7.60. The number of hydrogen-bond acceptors (Lipinski definition) is 3. The predicted octanol–water partition coefficient (Wildman–Crippen LogP) is 4.14. The van der Waals surface area contributed by atoms with Gasteiger partial charge in [-0.2, -0.15) is 0 Å². The molecule has 2 N–H and O–H groups in total. The van der Waals surface area contributed by atoms with E-state index in [1.807, 2.05) is 18.4 Å². The molecule has 2 heterocycles. The van der Waals surface area contributed by atoms with Gasteiger partial charge in [-0.15, -0.1) is 35.3 Å². The summed E-state index contributed by atoms with van der Waals surface area (Å²) in [6.07, 6.45) is 4.94. The van der Waals surface area contributed by atoms with Crippen molar-refractivity contribution in [3.8, 4) is 0 Å². The molecule has 0 aliphatic carbocycles. The zero-order valence-corrected chi connectivity index (χ0v) is 20.9. The largest absolute Gasteiger partial charge is 0.356 e. The first-order chi connectivity index (χ1) is 13.1. The van der Waals surface area contributed by atoms with E-state index in [0.29, 0.717) is 17.9 Å². The number of likely N-dealkylation sites (tertiary alicyclic amines) is 1. The van der Waals surface area contributed by atoms with Crippen LogP contribution in [-0.2, 0) is 11.2 Å². The fourth-order valence-electron chi connectivity index (χ4n) is 3.64. The van der Waals surface area contributed by atoms with Crippen molar-refractivity contribution in [2.24, 2.45) is 16.8 Å². The van der Waals surface area contributed by atoms with Crippen LogP contribution in [0.2, 0.25) is 0 Å². The van der Waals surface area contributed by atoms with Crippen LogP contribution in [0.5, 0.6) is 0 Å². The van der Waals surface area contributed by atoms with Crippen molar-refractivity contribution in [1.29, 1.82) is 0 Å². The molecule has 0 aromatic carbocycles. The van der Waals surface area contributed by atoms with Gasteiger partial charge in [0.1, 0.15) is 0 Å². The number of rotatable bonds is 8. The fraction of sp³-hybridized carbons (Fsp3) is 0.714. The molecule has 2 rings (SSSR count). The van der Waals surface area contributed by atoms with Crippen LogP contribution >= 0.6 is 35.3 Å². The lowest BCUT2D eigenvalue weighted by molar-refractivity contribution is -0.136. The quantitative estimate of drug-likeness (QED) is 0.308. The Kier molecular flexibility index (Phi) is 12.1. The van der Waals surface area contributed by atoms with E-state index in [2.05, 4.69) is 58.8 Å². The van der Waals surface area contributed by atoms with Crippen molar-refractivity contribution >= 4 is 47.2 Å². The number of aliphatic imine (C=N–C) groups is 1. The molecule has 1 saturated heterocycles. The molecular formula is C21H37IN4OS. The van der Waals surface area contributed by atoms with Crippen LogP contribution in [-0.4, -0.2) is 49.5 Å². The highest BCUT2D eigenvalue weighted by Crippen LogP contribution is 2.17. The number of nitrogens with one attached hydrogen (secondary N) is 2. The molecule has 7 heteroatoms. The van der Waals surface area contributed by atoms with Crippen molar-refractivity contribution in [3.05, 3.63) is 22.4 Å². The number of guanidine groups is 1. The van der Waals surface area contributed by atoms with Crippen LogP contribution in [0.15, 0.2) is 22.5 Å². The first kappa shape index (κ1) is 25.2. The fourth-order valence-corrected chi connectivity index (χ4v) is 4.51. The zero-order chi connectivity index (χ0) is 19.6. The molecule has 1 amide bonds.